The predicted octanol–water partition coefficient (Wildman–Crippen LogP) is 4.18. The van der Waals surface area contributed by atoms with Gasteiger partial charge in [-0.15, -0.1) is 0 Å². The molecule has 0 saturated carbocycles. The van der Waals surface area contributed by atoms with Gasteiger partial charge in [0.2, 0.25) is 0 Å². The second-order valence-electron chi connectivity index (χ2n) is 7.75. The van der Waals surface area contributed by atoms with Crippen LogP contribution in [0.25, 0.3) is 0 Å². The Hall–Kier alpha value is -2.77. The van der Waals surface area contributed by atoms with Crippen molar-refractivity contribution in [2.75, 3.05) is 39.4 Å². The standard InChI is InChI=1S/C23H28N4O3/c28-27(29)21-11-9-20(10-12-21)24-23(26-15-17-30-18-16-26)22(19-7-3-1-4-8-19)25-13-5-2-6-14-25/h1,3-4,7-12,22H,2,5-6,13-18H2. The molecular weight excluding hydrogens is 380 g/mol. The number of ether oxygens (including phenoxy) is 1. The van der Waals surface area contributed by atoms with Crippen LogP contribution in [0.1, 0.15) is 30.9 Å². The number of hydrogen-bond acceptors (Lipinski definition) is 5. The third-order valence-electron chi connectivity index (χ3n) is 5.75. The van der Waals surface area contributed by atoms with Crippen LogP contribution in [0.2, 0.25) is 0 Å². The van der Waals surface area contributed by atoms with E-state index in [1.54, 1.807) is 12.1 Å². The average molecular weight is 409 g/mol. The molecule has 2 fully saturated rings. The van der Waals surface area contributed by atoms with E-state index in [9.17, 15) is 10.1 Å². The molecule has 1 unspecified atom stereocenters. The first-order valence-electron chi connectivity index (χ1n) is 10.7. The lowest BCUT2D eigenvalue weighted by Crippen LogP contribution is -2.48. The summed E-state index contributed by atoms with van der Waals surface area (Å²) in [6, 6.07) is 17.1. The van der Waals surface area contributed by atoms with Gasteiger partial charge in [0.1, 0.15) is 5.84 Å². The Balaban J connectivity index is 1.75. The maximum atomic E-state index is 11.0. The van der Waals surface area contributed by atoms with Crippen molar-refractivity contribution in [2.24, 2.45) is 4.99 Å². The third-order valence-corrected chi connectivity index (χ3v) is 5.75. The van der Waals surface area contributed by atoms with Crippen molar-refractivity contribution >= 4 is 17.2 Å². The first-order valence-corrected chi connectivity index (χ1v) is 10.7. The van der Waals surface area contributed by atoms with Gasteiger partial charge >= 0.3 is 0 Å². The minimum absolute atomic E-state index is 0.0554. The molecular formula is C23H28N4O3. The molecule has 2 aromatic rings. The number of benzene rings is 2. The molecule has 2 aliphatic heterocycles. The first-order chi connectivity index (χ1) is 14.7. The molecule has 158 valence electrons. The van der Waals surface area contributed by atoms with Gasteiger partial charge in [-0.2, -0.15) is 0 Å². The highest BCUT2D eigenvalue weighted by molar-refractivity contribution is 5.91. The van der Waals surface area contributed by atoms with Crippen molar-refractivity contribution in [1.29, 1.82) is 0 Å². The van der Waals surface area contributed by atoms with Crippen LogP contribution in [0.4, 0.5) is 11.4 Å². The van der Waals surface area contributed by atoms with E-state index >= 15 is 0 Å². The second kappa shape index (κ2) is 9.82. The SMILES string of the molecule is O=[N+]([O-])c1ccc(N=C(C(c2ccccc2)N2CCCCC2)N2CCOCC2)cc1. The smallest absolute Gasteiger partial charge is 0.269 e. The number of aliphatic imine (C=N–C) groups is 1. The highest BCUT2D eigenvalue weighted by atomic mass is 16.6. The molecule has 2 aliphatic rings. The number of morpholine rings is 1. The molecule has 0 spiro atoms. The summed E-state index contributed by atoms with van der Waals surface area (Å²) in [4.78, 5) is 20.5. The van der Waals surface area contributed by atoms with E-state index in [4.69, 9.17) is 9.73 Å². The quantitative estimate of drug-likeness (QED) is 0.321. The highest BCUT2D eigenvalue weighted by Gasteiger charge is 2.31. The van der Waals surface area contributed by atoms with Crippen molar-refractivity contribution in [3.05, 3.63) is 70.3 Å². The van der Waals surface area contributed by atoms with E-state index in [0.29, 0.717) is 13.2 Å². The molecule has 0 bridgehead atoms. The number of nitro benzene ring substituents is 1. The molecule has 0 radical (unpaired) electrons. The van der Waals surface area contributed by atoms with Crippen LogP contribution < -0.4 is 0 Å². The molecule has 1 atom stereocenters. The minimum Gasteiger partial charge on any atom is -0.378 e. The number of likely N-dealkylation sites (tertiary alicyclic amines) is 1. The van der Waals surface area contributed by atoms with Gasteiger partial charge in [0.05, 0.1) is 29.9 Å². The summed E-state index contributed by atoms with van der Waals surface area (Å²) >= 11 is 0. The van der Waals surface area contributed by atoms with Gasteiger partial charge in [0, 0.05) is 25.2 Å². The minimum atomic E-state index is -0.378. The van der Waals surface area contributed by atoms with Crippen LogP contribution in [-0.4, -0.2) is 60.0 Å². The molecule has 7 nitrogen and oxygen atoms in total. The van der Waals surface area contributed by atoms with Gasteiger partial charge in [-0.25, -0.2) is 4.99 Å². The third kappa shape index (κ3) is 4.86. The van der Waals surface area contributed by atoms with E-state index in [1.807, 2.05) is 6.07 Å². The van der Waals surface area contributed by atoms with Crippen molar-refractivity contribution in [2.45, 2.75) is 25.3 Å². The summed E-state index contributed by atoms with van der Waals surface area (Å²) in [6.07, 6.45) is 3.65. The summed E-state index contributed by atoms with van der Waals surface area (Å²) < 4.78 is 5.59. The van der Waals surface area contributed by atoms with Crippen LogP contribution in [-0.2, 0) is 4.74 Å². The molecule has 0 amide bonds. The number of piperidine rings is 1. The van der Waals surface area contributed by atoms with E-state index in [2.05, 4.69) is 34.1 Å². The zero-order chi connectivity index (χ0) is 20.8. The van der Waals surface area contributed by atoms with Gasteiger partial charge in [-0.05, 0) is 43.6 Å². The van der Waals surface area contributed by atoms with Crippen LogP contribution >= 0.6 is 0 Å². The fourth-order valence-corrected chi connectivity index (χ4v) is 4.21. The molecule has 2 aromatic carbocycles. The lowest BCUT2D eigenvalue weighted by molar-refractivity contribution is -0.384. The topological polar surface area (TPSA) is 71.2 Å². The number of hydrogen-bond donors (Lipinski definition) is 0. The number of nitrogens with zero attached hydrogens (tertiary/aromatic N) is 4. The number of non-ortho nitro benzene ring substituents is 1. The Morgan fingerprint density at radius 3 is 2.23 bits per heavy atom. The Morgan fingerprint density at radius 2 is 1.60 bits per heavy atom. The van der Waals surface area contributed by atoms with Crippen LogP contribution in [0.3, 0.4) is 0 Å². The molecule has 7 heteroatoms. The molecule has 4 rings (SSSR count). The molecule has 0 aliphatic carbocycles. The van der Waals surface area contributed by atoms with Gasteiger partial charge in [0.25, 0.3) is 5.69 Å². The van der Waals surface area contributed by atoms with Crippen molar-refractivity contribution in [3.8, 4) is 0 Å². The fraction of sp³-hybridized carbons (Fsp3) is 0.435. The predicted molar refractivity (Wildman–Crippen MR) is 117 cm³/mol. The lowest BCUT2D eigenvalue weighted by Gasteiger charge is -2.40. The van der Waals surface area contributed by atoms with E-state index in [-0.39, 0.29) is 16.7 Å². The molecule has 30 heavy (non-hydrogen) atoms. The zero-order valence-electron chi connectivity index (χ0n) is 17.2. The summed E-state index contributed by atoms with van der Waals surface area (Å²) in [7, 11) is 0. The Kier molecular flexibility index (Phi) is 6.71. The molecule has 0 aromatic heterocycles. The zero-order valence-corrected chi connectivity index (χ0v) is 17.2. The molecule has 2 saturated heterocycles. The summed E-state index contributed by atoms with van der Waals surface area (Å²) in [5, 5.41) is 11.0. The monoisotopic (exact) mass is 408 g/mol. The van der Waals surface area contributed by atoms with Crippen LogP contribution in [0.15, 0.2) is 59.6 Å². The average Bonchev–Trinajstić information content (AvgIpc) is 2.81. The highest BCUT2D eigenvalue weighted by Crippen LogP contribution is 2.30. The molecule has 2 heterocycles. The van der Waals surface area contributed by atoms with Gasteiger partial charge in [0.15, 0.2) is 0 Å². The maximum Gasteiger partial charge on any atom is 0.269 e. The Labute approximate surface area is 177 Å². The van der Waals surface area contributed by atoms with Gasteiger partial charge in [-0.3, -0.25) is 15.0 Å². The van der Waals surface area contributed by atoms with Crippen molar-refractivity contribution < 1.29 is 9.66 Å². The number of nitro groups is 1. The van der Waals surface area contributed by atoms with Gasteiger partial charge < -0.3 is 9.64 Å². The lowest BCUT2D eigenvalue weighted by atomic mass is 9.99. The van der Waals surface area contributed by atoms with E-state index in [0.717, 1.165) is 37.7 Å². The van der Waals surface area contributed by atoms with Crippen LogP contribution in [0, 0.1) is 10.1 Å². The first kappa shape index (κ1) is 20.5. The molecule has 0 N–H and O–H groups in total. The maximum absolute atomic E-state index is 11.0. The van der Waals surface area contributed by atoms with Gasteiger partial charge in [-0.1, -0.05) is 36.8 Å². The van der Waals surface area contributed by atoms with E-state index < -0.39 is 0 Å². The largest absolute Gasteiger partial charge is 0.378 e. The van der Waals surface area contributed by atoms with E-state index in [1.165, 1.54) is 37.0 Å². The second-order valence-corrected chi connectivity index (χ2v) is 7.75. The van der Waals surface area contributed by atoms with Crippen molar-refractivity contribution in [3.63, 3.8) is 0 Å². The van der Waals surface area contributed by atoms with Crippen molar-refractivity contribution in [1.82, 2.24) is 9.80 Å². The number of amidine groups is 1. The summed E-state index contributed by atoms with van der Waals surface area (Å²) in [5.41, 5.74) is 2.05. The Morgan fingerprint density at radius 1 is 0.933 bits per heavy atom. The summed E-state index contributed by atoms with van der Waals surface area (Å²) in [5.74, 6) is 1.00. The Bertz CT molecular complexity index is 858. The summed E-state index contributed by atoms with van der Waals surface area (Å²) in [6.45, 7) is 5.04. The normalized spacial score (nSPS) is 19.5. The van der Waals surface area contributed by atoms with Crippen LogP contribution in [0.5, 0.6) is 0 Å². The number of rotatable bonds is 5. The fourth-order valence-electron chi connectivity index (χ4n) is 4.21.